The van der Waals surface area contributed by atoms with Gasteiger partial charge < -0.3 is 15.2 Å². The Morgan fingerprint density at radius 3 is 2.58 bits per heavy atom. The van der Waals surface area contributed by atoms with E-state index in [4.69, 9.17) is 5.73 Å². The van der Waals surface area contributed by atoms with E-state index in [1.807, 2.05) is 0 Å². The number of urea groups is 1. The number of carbonyl (C=O) groups excluding carboxylic acids is 2. The van der Waals surface area contributed by atoms with E-state index in [1.54, 1.807) is 0 Å². The largest absolute Gasteiger partial charge is 1.00 e. The van der Waals surface area contributed by atoms with Crippen molar-refractivity contribution in [3.63, 3.8) is 0 Å². The van der Waals surface area contributed by atoms with Gasteiger partial charge in [0, 0.05) is 6.54 Å². The predicted octanol–water partition coefficient (Wildman–Crippen LogP) is -5.01. The quantitative estimate of drug-likeness (QED) is 0.315. The zero-order chi connectivity index (χ0) is 13.2. The second kappa shape index (κ2) is 4.57. The Bertz CT molecular complexity index is 539. The average Bonchev–Trinajstić information content (AvgIpc) is 2.95. The van der Waals surface area contributed by atoms with Gasteiger partial charge in [-0.15, -0.1) is 0 Å². The molecule has 0 spiro atoms. The Hall–Kier alpha value is -0.390. The van der Waals surface area contributed by atoms with Crippen LogP contribution in [0.15, 0.2) is 0 Å². The molecule has 3 amide bonds. The number of carbonyl (C=O) groups is 2. The van der Waals surface area contributed by atoms with Gasteiger partial charge in [-0.05, 0) is 18.3 Å². The molecule has 19 heavy (non-hydrogen) atoms. The second-order valence-electron chi connectivity index (χ2n) is 4.72. The normalized spacial score (nSPS) is 35.7. The van der Waals surface area contributed by atoms with Crippen LogP contribution >= 0.6 is 0 Å². The first-order valence-corrected chi connectivity index (χ1v) is 6.67. The summed E-state index contributed by atoms with van der Waals surface area (Å²) in [7, 11) is -5.01. The Kier molecular flexibility index (Phi) is 3.61. The van der Waals surface area contributed by atoms with E-state index in [2.05, 4.69) is 4.28 Å². The number of hydrogen-bond donors (Lipinski definition) is 1. The number of rotatable bonds is 3. The van der Waals surface area contributed by atoms with Gasteiger partial charge in [-0.2, -0.15) is 9.35 Å². The molecule has 2 N–H and O–H groups in total. The molecule has 1 saturated carbocycles. The molecule has 3 fully saturated rings. The molecule has 2 heterocycles. The second-order valence-corrected chi connectivity index (χ2v) is 5.69. The van der Waals surface area contributed by atoms with Crippen LogP contribution in [0, 0.1) is 11.8 Å². The van der Waals surface area contributed by atoms with Crippen LogP contribution in [0.5, 0.6) is 0 Å². The summed E-state index contributed by atoms with van der Waals surface area (Å²) >= 11 is 0. The van der Waals surface area contributed by atoms with Crippen LogP contribution in [-0.4, -0.2) is 53.5 Å². The molecule has 9 nitrogen and oxygen atoms in total. The summed E-state index contributed by atoms with van der Waals surface area (Å²) in [5.41, 5.74) is 5.23. The maximum Gasteiger partial charge on any atom is 1.00 e. The maximum atomic E-state index is 11.9. The van der Waals surface area contributed by atoms with Crippen LogP contribution in [-0.2, 0) is 19.5 Å². The Morgan fingerprint density at radius 2 is 2.05 bits per heavy atom. The number of hydroxylamine groups is 2. The molecule has 2 bridgehead atoms. The minimum Gasteiger partial charge on any atom is -0.724 e. The molecule has 2 saturated heterocycles. The van der Waals surface area contributed by atoms with Crippen molar-refractivity contribution in [3.8, 4) is 0 Å². The summed E-state index contributed by atoms with van der Waals surface area (Å²) < 4.78 is 35.9. The van der Waals surface area contributed by atoms with E-state index in [-0.39, 0.29) is 47.9 Å². The molecule has 1 aliphatic carbocycles. The first kappa shape index (κ1) is 15.0. The SMILES string of the molecule is NC(=O)[C@@H]1[C@H]2C[C@H]2[C@@H]2CN1C(=O)N2OS(=O)(=O)[O-].[Na+]. The van der Waals surface area contributed by atoms with E-state index < -0.39 is 34.4 Å². The molecule has 4 atom stereocenters. The molecule has 0 unspecified atom stereocenters. The maximum absolute atomic E-state index is 11.9. The Labute approximate surface area is 131 Å². The standard InChI is InChI=1S/C8H11N3O6S.Na/c9-7(12)6-4-1-3(4)5-2-10(6)8(13)11(5)17-18(14,15)16;/h3-6H,1-2H2,(H2,9,12)(H,14,15,16);/q;+1/p-1/t3-,4+,5+,6+;/m1./s1. The van der Waals surface area contributed by atoms with Gasteiger partial charge in [-0.1, -0.05) is 0 Å². The summed E-state index contributed by atoms with van der Waals surface area (Å²) in [6, 6.07) is -2.03. The van der Waals surface area contributed by atoms with Gasteiger partial charge in [-0.25, -0.2) is 13.2 Å². The van der Waals surface area contributed by atoms with Crippen molar-refractivity contribution >= 4 is 22.3 Å². The van der Waals surface area contributed by atoms with Crippen molar-refractivity contribution in [3.05, 3.63) is 0 Å². The van der Waals surface area contributed by atoms with Crippen molar-refractivity contribution in [1.82, 2.24) is 9.96 Å². The van der Waals surface area contributed by atoms with Crippen LogP contribution in [0.25, 0.3) is 0 Å². The summed E-state index contributed by atoms with van der Waals surface area (Å²) in [4.78, 5) is 24.3. The third-order valence-corrected chi connectivity index (χ3v) is 4.05. The van der Waals surface area contributed by atoms with Crippen molar-refractivity contribution < 1.29 is 56.4 Å². The number of fused-ring (bicyclic) bond motifs is 4. The zero-order valence-corrected chi connectivity index (χ0v) is 12.9. The number of nitrogens with zero attached hydrogens (tertiary/aromatic N) is 2. The van der Waals surface area contributed by atoms with E-state index in [1.165, 1.54) is 4.90 Å². The molecule has 0 radical (unpaired) electrons. The van der Waals surface area contributed by atoms with Gasteiger partial charge in [0.15, 0.2) is 0 Å². The number of amides is 3. The molecule has 0 aromatic heterocycles. The Balaban J connectivity index is 0.00000133. The topological polar surface area (TPSA) is 133 Å². The molecule has 3 aliphatic rings. The van der Waals surface area contributed by atoms with Crippen LogP contribution < -0.4 is 35.3 Å². The molecular formula is C8H10N3NaO6S. The zero-order valence-electron chi connectivity index (χ0n) is 10.1. The van der Waals surface area contributed by atoms with Gasteiger partial charge in [0.25, 0.3) is 0 Å². The first-order valence-electron chi connectivity index (χ1n) is 5.34. The van der Waals surface area contributed by atoms with Gasteiger partial charge >= 0.3 is 35.6 Å². The van der Waals surface area contributed by atoms with E-state index >= 15 is 0 Å². The summed E-state index contributed by atoms with van der Waals surface area (Å²) in [6.07, 6.45) is 0.667. The summed E-state index contributed by atoms with van der Waals surface area (Å²) in [5, 5.41) is 0.565. The number of hydrogen-bond acceptors (Lipinski definition) is 6. The van der Waals surface area contributed by atoms with E-state index in [9.17, 15) is 22.6 Å². The van der Waals surface area contributed by atoms with Gasteiger partial charge in [0.2, 0.25) is 16.3 Å². The van der Waals surface area contributed by atoms with Crippen molar-refractivity contribution in [2.45, 2.75) is 18.5 Å². The fraction of sp³-hybridized carbons (Fsp3) is 0.750. The molecule has 100 valence electrons. The molecular weight excluding hydrogens is 289 g/mol. The van der Waals surface area contributed by atoms with Gasteiger partial charge in [0.1, 0.15) is 6.04 Å². The van der Waals surface area contributed by atoms with E-state index in [0.29, 0.717) is 11.5 Å². The number of piperidine rings is 1. The third kappa shape index (κ3) is 2.36. The van der Waals surface area contributed by atoms with Gasteiger partial charge in [-0.3, -0.25) is 4.79 Å². The van der Waals surface area contributed by atoms with E-state index in [0.717, 1.165) is 0 Å². The van der Waals surface area contributed by atoms with Crippen molar-refractivity contribution in [2.75, 3.05) is 6.54 Å². The summed E-state index contributed by atoms with van der Waals surface area (Å²) in [6.45, 7) is 0.156. The van der Waals surface area contributed by atoms with Crippen LogP contribution in [0.4, 0.5) is 4.79 Å². The average molecular weight is 299 g/mol. The molecule has 11 heteroatoms. The van der Waals surface area contributed by atoms with Crippen LogP contribution in [0.1, 0.15) is 6.42 Å². The fourth-order valence-corrected chi connectivity index (χ4v) is 3.36. The molecule has 0 aromatic rings. The van der Waals surface area contributed by atoms with Gasteiger partial charge in [0.05, 0.1) is 6.04 Å². The fourth-order valence-electron chi connectivity index (χ4n) is 2.99. The first-order chi connectivity index (χ1) is 8.29. The number of primary amides is 1. The van der Waals surface area contributed by atoms with Crippen molar-refractivity contribution in [2.24, 2.45) is 17.6 Å². The number of nitrogens with two attached hydrogens (primary N) is 1. The van der Waals surface area contributed by atoms with Crippen molar-refractivity contribution in [1.29, 1.82) is 0 Å². The van der Waals surface area contributed by atoms with Crippen LogP contribution in [0.3, 0.4) is 0 Å². The van der Waals surface area contributed by atoms with Crippen LogP contribution in [0.2, 0.25) is 0 Å². The molecule has 3 rings (SSSR count). The summed E-state index contributed by atoms with van der Waals surface area (Å²) in [5.74, 6) is -0.721. The molecule has 2 aliphatic heterocycles. The Morgan fingerprint density at radius 1 is 1.42 bits per heavy atom. The minimum absolute atomic E-state index is 0. The minimum atomic E-state index is -5.01. The predicted molar refractivity (Wildman–Crippen MR) is 53.1 cm³/mol. The molecule has 0 aromatic carbocycles. The third-order valence-electron chi connectivity index (χ3n) is 3.71. The smallest absolute Gasteiger partial charge is 0.724 e. The monoisotopic (exact) mass is 299 g/mol.